The van der Waals surface area contributed by atoms with Crippen LogP contribution in [0.2, 0.25) is 0 Å². The van der Waals surface area contributed by atoms with Crippen molar-refractivity contribution in [2.75, 3.05) is 19.6 Å². The number of nitrogens with two attached hydrogens (primary N) is 1. The molecule has 2 aromatic rings. The molecule has 4 heteroatoms. The zero-order valence-electron chi connectivity index (χ0n) is 12.6. The van der Waals surface area contributed by atoms with Crippen LogP contribution < -0.4 is 5.73 Å². The molecule has 1 aromatic heterocycles. The fraction of sp³-hybridized carbons (Fsp3) is 0.471. The topological polar surface area (TPSA) is 55.3 Å². The second-order valence-electron chi connectivity index (χ2n) is 5.99. The summed E-state index contributed by atoms with van der Waals surface area (Å²) >= 11 is 0. The highest BCUT2D eigenvalue weighted by molar-refractivity contribution is 5.53. The van der Waals surface area contributed by atoms with Crippen molar-refractivity contribution in [1.82, 2.24) is 9.88 Å². The molecule has 4 nitrogen and oxygen atoms in total. The van der Waals surface area contributed by atoms with E-state index in [1.54, 1.807) is 6.26 Å². The van der Waals surface area contributed by atoms with E-state index in [1.807, 2.05) is 0 Å². The minimum atomic E-state index is 0.627. The van der Waals surface area contributed by atoms with E-state index in [2.05, 4.69) is 41.1 Å². The molecule has 2 heterocycles. The highest BCUT2D eigenvalue weighted by atomic mass is 16.3. The van der Waals surface area contributed by atoms with Gasteiger partial charge in [0, 0.05) is 18.7 Å². The van der Waals surface area contributed by atoms with E-state index < -0.39 is 0 Å². The number of oxazole rings is 1. The van der Waals surface area contributed by atoms with E-state index in [4.69, 9.17) is 10.2 Å². The van der Waals surface area contributed by atoms with Crippen molar-refractivity contribution >= 4 is 0 Å². The molecular weight excluding hydrogens is 262 g/mol. The van der Waals surface area contributed by atoms with Crippen LogP contribution in [0.5, 0.6) is 0 Å². The fourth-order valence-electron chi connectivity index (χ4n) is 2.92. The monoisotopic (exact) mass is 285 g/mol. The molecule has 1 aliphatic heterocycles. The van der Waals surface area contributed by atoms with Crippen LogP contribution in [0, 0.1) is 12.8 Å². The smallest absolute Gasteiger partial charge is 0.226 e. The predicted octanol–water partition coefficient (Wildman–Crippen LogP) is 2.82. The number of nitrogens with zero attached hydrogens (tertiary/aromatic N) is 2. The van der Waals surface area contributed by atoms with Gasteiger partial charge in [0.2, 0.25) is 5.89 Å². The Bertz CT molecular complexity index is 576. The Morgan fingerprint density at radius 1 is 1.33 bits per heavy atom. The van der Waals surface area contributed by atoms with Gasteiger partial charge in [0.1, 0.15) is 6.26 Å². The average molecular weight is 285 g/mol. The standard InChI is InChI=1S/C17H23N3O/c1-13-4-6-15(7-5-13)17-19-16(12-21-17)11-20-8-2-3-14(9-18)10-20/h4-7,12,14H,2-3,8-11,18H2,1H3. The van der Waals surface area contributed by atoms with Crippen LogP contribution in [0.1, 0.15) is 24.1 Å². The van der Waals surface area contributed by atoms with Gasteiger partial charge in [0.15, 0.2) is 0 Å². The minimum Gasteiger partial charge on any atom is -0.444 e. The molecule has 0 radical (unpaired) electrons. The van der Waals surface area contributed by atoms with Crippen molar-refractivity contribution in [3.63, 3.8) is 0 Å². The van der Waals surface area contributed by atoms with Crippen molar-refractivity contribution in [3.8, 4) is 11.5 Å². The molecule has 0 amide bonds. The Balaban J connectivity index is 1.66. The molecule has 0 bridgehead atoms. The zero-order valence-corrected chi connectivity index (χ0v) is 12.6. The van der Waals surface area contributed by atoms with E-state index in [0.717, 1.165) is 37.4 Å². The Kier molecular flexibility index (Phi) is 4.36. The van der Waals surface area contributed by atoms with Crippen LogP contribution in [-0.4, -0.2) is 29.5 Å². The molecule has 112 valence electrons. The summed E-state index contributed by atoms with van der Waals surface area (Å²) in [5.74, 6) is 1.33. The van der Waals surface area contributed by atoms with Gasteiger partial charge in [-0.2, -0.15) is 0 Å². The number of aryl methyl sites for hydroxylation is 1. The molecule has 21 heavy (non-hydrogen) atoms. The third kappa shape index (κ3) is 3.52. The molecule has 0 saturated carbocycles. The van der Waals surface area contributed by atoms with Crippen molar-refractivity contribution < 1.29 is 4.42 Å². The number of hydrogen-bond acceptors (Lipinski definition) is 4. The number of hydrogen-bond donors (Lipinski definition) is 1. The van der Waals surface area contributed by atoms with Crippen LogP contribution in [0.4, 0.5) is 0 Å². The largest absolute Gasteiger partial charge is 0.444 e. The first-order valence-corrected chi connectivity index (χ1v) is 7.68. The normalized spacial score (nSPS) is 19.8. The van der Waals surface area contributed by atoms with Gasteiger partial charge in [-0.15, -0.1) is 0 Å². The summed E-state index contributed by atoms with van der Waals surface area (Å²) in [6.07, 6.45) is 4.26. The summed E-state index contributed by atoms with van der Waals surface area (Å²) < 4.78 is 5.62. The number of aromatic nitrogens is 1. The number of likely N-dealkylation sites (tertiary alicyclic amines) is 1. The Labute approximate surface area is 126 Å². The maximum Gasteiger partial charge on any atom is 0.226 e. The Morgan fingerprint density at radius 3 is 2.90 bits per heavy atom. The molecule has 1 fully saturated rings. The summed E-state index contributed by atoms with van der Waals surface area (Å²) in [5, 5.41) is 0. The summed E-state index contributed by atoms with van der Waals surface area (Å²) in [6, 6.07) is 8.26. The lowest BCUT2D eigenvalue weighted by Gasteiger charge is -2.31. The number of piperidine rings is 1. The van der Waals surface area contributed by atoms with Gasteiger partial charge in [0.05, 0.1) is 5.69 Å². The SMILES string of the molecule is Cc1ccc(-c2nc(CN3CCCC(CN)C3)co2)cc1. The van der Waals surface area contributed by atoms with E-state index in [1.165, 1.54) is 18.4 Å². The maximum absolute atomic E-state index is 5.79. The molecule has 0 aliphatic carbocycles. The first kappa shape index (κ1) is 14.3. The first-order chi connectivity index (χ1) is 10.2. The summed E-state index contributed by atoms with van der Waals surface area (Å²) in [7, 11) is 0. The van der Waals surface area contributed by atoms with Gasteiger partial charge in [-0.05, 0) is 50.9 Å². The lowest BCUT2D eigenvalue weighted by molar-refractivity contribution is 0.169. The molecule has 3 rings (SSSR count). The van der Waals surface area contributed by atoms with Gasteiger partial charge in [-0.3, -0.25) is 4.90 Å². The maximum atomic E-state index is 5.79. The van der Waals surface area contributed by atoms with Crippen molar-refractivity contribution in [1.29, 1.82) is 0 Å². The fourth-order valence-corrected chi connectivity index (χ4v) is 2.92. The van der Waals surface area contributed by atoms with Crippen LogP contribution in [0.3, 0.4) is 0 Å². The number of benzene rings is 1. The third-order valence-corrected chi connectivity index (χ3v) is 4.17. The van der Waals surface area contributed by atoms with E-state index >= 15 is 0 Å². The van der Waals surface area contributed by atoms with Gasteiger partial charge < -0.3 is 10.2 Å². The Morgan fingerprint density at radius 2 is 2.14 bits per heavy atom. The lowest BCUT2D eigenvalue weighted by atomic mass is 9.98. The van der Waals surface area contributed by atoms with Gasteiger partial charge in [0.25, 0.3) is 0 Å². The highest BCUT2D eigenvalue weighted by Crippen LogP contribution is 2.21. The van der Waals surface area contributed by atoms with Crippen molar-refractivity contribution in [2.45, 2.75) is 26.3 Å². The van der Waals surface area contributed by atoms with E-state index in [9.17, 15) is 0 Å². The lowest BCUT2D eigenvalue weighted by Crippen LogP contribution is -2.37. The molecular formula is C17H23N3O. The van der Waals surface area contributed by atoms with Gasteiger partial charge >= 0.3 is 0 Å². The number of rotatable bonds is 4. The molecule has 1 atom stereocenters. The van der Waals surface area contributed by atoms with Crippen molar-refractivity contribution in [2.24, 2.45) is 11.7 Å². The molecule has 2 N–H and O–H groups in total. The minimum absolute atomic E-state index is 0.627. The summed E-state index contributed by atoms with van der Waals surface area (Å²) in [4.78, 5) is 7.04. The third-order valence-electron chi connectivity index (χ3n) is 4.17. The quantitative estimate of drug-likeness (QED) is 0.938. The molecule has 1 unspecified atom stereocenters. The van der Waals surface area contributed by atoms with Crippen LogP contribution in [0.25, 0.3) is 11.5 Å². The van der Waals surface area contributed by atoms with Gasteiger partial charge in [-0.1, -0.05) is 17.7 Å². The average Bonchev–Trinajstić information content (AvgIpc) is 2.96. The highest BCUT2D eigenvalue weighted by Gasteiger charge is 2.19. The summed E-state index contributed by atoms with van der Waals surface area (Å²) in [6.45, 7) is 5.91. The first-order valence-electron chi connectivity index (χ1n) is 7.68. The molecule has 1 aliphatic rings. The molecule has 1 saturated heterocycles. The Hall–Kier alpha value is -1.65. The van der Waals surface area contributed by atoms with Crippen LogP contribution >= 0.6 is 0 Å². The van der Waals surface area contributed by atoms with Crippen LogP contribution in [0.15, 0.2) is 34.9 Å². The summed E-state index contributed by atoms with van der Waals surface area (Å²) in [5.41, 5.74) is 9.07. The van der Waals surface area contributed by atoms with Gasteiger partial charge in [-0.25, -0.2) is 4.98 Å². The van der Waals surface area contributed by atoms with Crippen LogP contribution in [-0.2, 0) is 6.54 Å². The molecule has 1 aromatic carbocycles. The predicted molar refractivity (Wildman–Crippen MR) is 83.7 cm³/mol. The zero-order chi connectivity index (χ0) is 14.7. The van der Waals surface area contributed by atoms with Crippen molar-refractivity contribution in [3.05, 3.63) is 41.8 Å². The van der Waals surface area contributed by atoms with E-state index in [-0.39, 0.29) is 0 Å². The second kappa shape index (κ2) is 6.41. The molecule has 0 spiro atoms. The second-order valence-corrected chi connectivity index (χ2v) is 5.99. The van der Waals surface area contributed by atoms with E-state index in [0.29, 0.717) is 11.8 Å².